The molecule has 2 rings (SSSR count). The van der Waals surface area contributed by atoms with Crippen LogP contribution in [0.2, 0.25) is 10.0 Å². The molecule has 6 nitrogen and oxygen atoms in total. The van der Waals surface area contributed by atoms with E-state index in [4.69, 9.17) is 27.9 Å². The van der Waals surface area contributed by atoms with E-state index in [0.717, 1.165) is 0 Å². The predicted molar refractivity (Wildman–Crippen MR) is 103 cm³/mol. The molecule has 1 saturated heterocycles. The number of carbonyl (C=O) groups is 1. The minimum atomic E-state index is -3.63. The van der Waals surface area contributed by atoms with E-state index in [0.29, 0.717) is 15.6 Å². The molecule has 9 heteroatoms. The molecular formula is C17H24Cl2N2O4S. The highest BCUT2D eigenvalue weighted by Gasteiger charge is 2.36. The van der Waals surface area contributed by atoms with Crippen molar-refractivity contribution < 1.29 is 17.9 Å². The van der Waals surface area contributed by atoms with Crippen molar-refractivity contribution in [2.45, 2.75) is 45.1 Å². The maximum atomic E-state index is 12.8. The first-order valence-electron chi connectivity index (χ1n) is 8.31. The van der Waals surface area contributed by atoms with Crippen molar-refractivity contribution >= 4 is 39.3 Å². The van der Waals surface area contributed by atoms with Crippen molar-refractivity contribution in [1.82, 2.24) is 9.21 Å². The number of amides is 1. The number of hydrogen-bond donors (Lipinski definition) is 0. The fourth-order valence-electron chi connectivity index (χ4n) is 2.78. The number of rotatable bonds is 3. The average Bonchev–Trinajstić information content (AvgIpc) is 2.49. The highest BCUT2D eigenvalue weighted by Crippen LogP contribution is 2.28. The first-order chi connectivity index (χ1) is 11.9. The second-order valence-electron chi connectivity index (χ2n) is 7.34. The van der Waals surface area contributed by atoms with E-state index < -0.39 is 21.7 Å². The van der Waals surface area contributed by atoms with Crippen LogP contribution in [0.25, 0.3) is 0 Å². The largest absolute Gasteiger partial charge is 0.444 e. The molecule has 0 unspecified atom stereocenters. The second kappa shape index (κ2) is 7.92. The zero-order valence-corrected chi connectivity index (χ0v) is 17.7. The first-order valence-corrected chi connectivity index (χ1v) is 10.7. The molecule has 0 aliphatic carbocycles. The summed E-state index contributed by atoms with van der Waals surface area (Å²) in [4.78, 5) is 13.7. The molecule has 0 spiro atoms. The van der Waals surface area contributed by atoms with Crippen LogP contribution in [0.15, 0.2) is 18.2 Å². The van der Waals surface area contributed by atoms with Crippen molar-refractivity contribution in [3.8, 4) is 0 Å². The Morgan fingerprint density at radius 3 is 2.31 bits per heavy atom. The van der Waals surface area contributed by atoms with Gasteiger partial charge >= 0.3 is 6.09 Å². The topological polar surface area (TPSA) is 66.9 Å². The van der Waals surface area contributed by atoms with E-state index in [-0.39, 0.29) is 31.4 Å². The van der Waals surface area contributed by atoms with Gasteiger partial charge in [0.25, 0.3) is 0 Å². The molecule has 1 heterocycles. The molecule has 0 radical (unpaired) electrons. The van der Waals surface area contributed by atoms with Crippen LogP contribution in [0.4, 0.5) is 4.79 Å². The number of carbonyl (C=O) groups excluding carboxylic acids is 1. The molecule has 1 aliphatic rings. The molecule has 1 aromatic carbocycles. The summed E-state index contributed by atoms with van der Waals surface area (Å²) in [6, 6.07) is 4.52. The molecule has 146 valence electrons. The molecule has 1 amide bonds. The highest BCUT2D eigenvalue weighted by molar-refractivity contribution is 7.88. The quantitative estimate of drug-likeness (QED) is 0.743. The molecule has 1 aromatic rings. The monoisotopic (exact) mass is 422 g/mol. The van der Waals surface area contributed by atoms with E-state index in [9.17, 15) is 13.2 Å². The van der Waals surface area contributed by atoms with Crippen LogP contribution in [0.1, 0.15) is 33.3 Å². The fraction of sp³-hybridized carbons (Fsp3) is 0.588. The third kappa shape index (κ3) is 5.25. The molecule has 0 bridgehead atoms. The Labute approximate surface area is 165 Å². The lowest BCUT2D eigenvalue weighted by molar-refractivity contribution is 0.0143. The molecule has 0 saturated carbocycles. The number of hydrogen-bond acceptors (Lipinski definition) is 4. The van der Waals surface area contributed by atoms with Gasteiger partial charge in [0, 0.05) is 41.3 Å². The van der Waals surface area contributed by atoms with Gasteiger partial charge in [0.05, 0.1) is 5.75 Å². The number of benzene rings is 1. The van der Waals surface area contributed by atoms with E-state index in [1.807, 2.05) is 0 Å². The number of halogens is 2. The van der Waals surface area contributed by atoms with Gasteiger partial charge in [-0.1, -0.05) is 29.3 Å². The lowest BCUT2D eigenvalue weighted by atomic mass is 10.2. The molecule has 1 aliphatic heterocycles. The average molecular weight is 423 g/mol. The third-order valence-electron chi connectivity index (χ3n) is 3.96. The van der Waals surface area contributed by atoms with Crippen molar-refractivity contribution in [2.24, 2.45) is 0 Å². The van der Waals surface area contributed by atoms with Crippen LogP contribution >= 0.6 is 23.2 Å². The molecule has 26 heavy (non-hydrogen) atoms. The lowest BCUT2D eigenvalue weighted by Crippen LogP contribution is -2.56. The molecule has 1 fully saturated rings. The van der Waals surface area contributed by atoms with E-state index in [2.05, 4.69) is 0 Å². The van der Waals surface area contributed by atoms with Gasteiger partial charge in [-0.2, -0.15) is 4.31 Å². The fourth-order valence-corrected chi connectivity index (χ4v) is 5.29. The summed E-state index contributed by atoms with van der Waals surface area (Å²) in [6.45, 7) is 7.89. The van der Waals surface area contributed by atoms with Crippen LogP contribution in [-0.4, -0.2) is 55.0 Å². The van der Waals surface area contributed by atoms with E-state index in [1.165, 1.54) is 9.21 Å². The smallest absolute Gasteiger partial charge is 0.410 e. The number of sulfonamides is 1. The van der Waals surface area contributed by atoms with Gasteiger partial charge in [-0.15, -0.1) is 0 Å². The van der Waals surface area contributed by atoms with Crippen LogP contribution in [0, 0.1) is 0 Å². The molecule has 1 atom stereocenters. The Balaban J connectivity index is 2.10. The minimum absolute atomic E-state index is 0.199. The number of piperazine rings is 1. The highest BCUT2D eigenvalue weighted by atomic mass is 35.5. The first kappa shape index (κ1) is 21.3. The SMILES string of the molecule is C[C@@H]1CN(C(=O)OC(C)(C)C)CCN1S(=O)(=O)Cc1c(Cl)cccc1Cl. The second-order valence-corrected chi connectivity index (χ2v) is 10.1. The minimum Gasteiger partial charge on any atom is -0.444 e. The van der Waals surface area contributed by atoms with Gasteiger partial charge < -0.3 is 9.64 Å². The molecule has 0 N–H and O–H groups in total. The van der Waals surface area contributed by atoms with Crippen LogP contribution < -0.4 is 0 Å². The van der Waals surface area contributed by atoms with Crippen molar-refractivity contribution in [1.29, 1.82) is 0 Å². The summed E-state index contributed by atoms with van der Waals surface area (Å²) in [5, 5.41) is 0.641. The van der Waals surface area contributed by atoms with Crippen LogP contribution in [0.5, 0.6) is 0 Å². The Hall–Kier alpha value is -1.02. The van der Waals surface area contributed by atoms with Gasteiger partial charge in [0.2, 0.25) is 10.0 Å². The van der Waals surface area contributed by atoms with E-state index in [1.54, 1.807) is 45.9 Å². The summed E-state index contributed by atoms with van der Waals surface area (Å²) in [5.41, 5.74) is -0.206. The van der Waals surface area contributed by atoms with Crippen molar-refractivity contribution in [3.05, 3.63) is 33.8 Å². The third-order valence-corrected chi connectivity index (χ3v) is 6.58. The number of ether oxygens (including phenoxy) is 1. The van der Waals surface area contributed by atoms with Gasteiger partial charge in [-0.3, -0.25) is 0 Å². The van der Waals surface area contributed by atoms with Crippen LogP contribution in [-0.2, 0) is 20.5 Å². The Bertz CT molecular complexity index is 757. The van der Waals surface area contributed by atoms with Crippen molar-refractivity contribution in [3.63, 3.8) is 0 Å². The van der Waals surface area contributed by atoms with Gasteiger partial charge in [-0.05, 0) is 39.8 Å². The molecular weight excluding hydrogens is 399 g/mol. The zero-order chi connectivity index (χ0) is 19.7. The molecule has 0 aromatic heterocycles. The maximum Gasteiger partial charge on any atom is 0.410 e. The standard InChI is InChI=1S/C17H24Cl2N2O4S/c1-12-10-20(16(22)25-17(2,3)4)8-9-21(12)26(23,24)11-13-14(18)6-5-7-15(13)19/h5-7,12H,8-11H2,1-4H3/t12-/m1/s1. The lowest BCUT2D eigenvalue weighted by Gasteiger charge is -2.39. The Morgan fingerprint density at radius 2 is 1.81 bits per heavy atom. The number of nitrogens with zero attached hydrogens (tertiary/aromatic N) is 2. The Morgan fingerprint density at radius 1 is 1.23 bits per heavy atom. The summed E-state index contributed by atoms with van der Waals surface area (Å²) in [7, 11) is -3.63. The normalized spacial score (nSPS) is 19.5. The summed E-state index contributed by atoms with van der Waals surface area (Å²) in [6.07, 6.45) is -0.435. The van der Waals surface area contributed by atoms with E-state index >= 15 is 0 Å². The predicted octanol–water partition coefficient (Wildman–Crippen LogP) is 3.76. The van der Waals surface area contributed by atoms with Gasteiger partial charge in [0.15, 0.2) is 0 Å². The van der Waals surface area contributed by atoms with Crippen molar-refractivity contribution in [2.75, 3.05) is 19.6 Å². The summed E-state index contributed by atoms with van der Waals surface area (Å²) in [5.74, 6) is -0.276. The van der Waals surface area contributed by atoms with Crippen LogP contribution in [0.3, 0.4) is 0 Å². The summed E-state index contributed by atoms with van der Waals surface area (Å²) < 4.78 is 32.5. The van der Waals surface area contributed by atoms with Gasteiger partial charge in [-0.25, -0.2) is 13.2 Å². The maximum absolute atomic E-state index is 12.8. The Kier molecular flexibility index (Phi) is 6.48. The summed E-state index contributed by atoms with van der Waals surface area (Å²) >= 11 is 12.2. The zero-order valence-electron chi connectivity index (χ0n) is 15.3. The van der Waals surface area contributed by atoms with Gasteiger partial charge in [0.1, 0.15) is 5.60 Å².